The van der Waals surface area contributed by atoms with Gasteiger partial charge >= 0.3 is 0 Å². The van der Waals surface area contributed by atoms with E-state index in [9.17, 15) is 23.6 Å². The molecule has 0 aliphatic heterocycles. The lowest BCUT2D eigenvalue weighted by atomic mass is 10.1. The molecule has 0 unspecified atom stereocenters. The third kappa shape index (κ3) is 7.64. The van der Waals surface area contributed by atoms with Crippen molar-refractivity contribution in [2.24, 2.45) is 0 Å². The largest absolute Gasteiger partial charge is 0.497 e. The van der Waals surface area contributed by atoms with Gasteiger partial charge in [-0.15, -0.1) is 6.58 Å². The van der Waals surface area contributed by atoms with Crippen LogP contribution in [0.3, 0.4) is 0 Å². The molecule has 39 heavy (non-hydrogen) atoms. The summed E-state index contributed by atoms with van der Waals surface area (Å²) in [5, 5.41) is 22.2. The number of hydrogen-bond acceptors (Lipinski definition) is 8. The minimum absolute atomic E-state index is 0.134. The molecule has 0 bridgehead atoms. The van der Waals surface area contributed by atoms with E-state index in [2.05, 4.69) is 6.58 Å². The summed E-state index contributed by atoms with van der Waals surface area (Å²) in [6, 6.07) is 18.0. The summed E-state index contributed by atoms with van der Waals surface area (Å²) in [6.07, 6.45) is 0.339. The highest BCUT2D eigenvalue weighted by Crippen LogP contribution is 2.31. The Labute approximate surface area is 228 Å². The van der Waals surface area contributed by atoms with Crippen LogP contribution in [0, 0.1) is 10.1 Å². The van der Waals surface area contributed by atoms with Crippen molar-refractivity contribution in [3.05, 3.63) is 107 Å². The highest BCUT2D eigenvalue weighted by Gasteiger charge is 2.35. The molecule has 10 nitrogen and oxygen atoms in total. The van der Waals surface area contributed by atoms with Crippen LogP contribution >= 0.6 is 0 Å². The third-order valence-electron chi connectivity index (χ3n) is 6.11. The molecule has 0 radical (unpaired) electrons. The molecule has 3 aromatic rings. The Morgan fingerprint density at radius 2 is 1.74 bits per heavy atom. The normalized spacial score (nSPS) is 13.0. The zero-order chi connectivity index (χ0) is 28.4. The van der Waals surface area contributed by atoms with E-state index >= 15 is 0 Å². The number of benzene rings is 3. The van der Waals surface area contributed by atoms with E-state index in [4.69, 9.17) is 14.2 Å². The summed E-state index contributed by atoms with van der Waals surface area (Å²) in [5.74, 6) is 0.915. The molecular weight excluding hydrogens is 524 g/mol. The molecule has 0 spiro atoms. The first-order chi connectivity index (χ1) is 18.7. The first-order valence-electron chi connectivity index (χ1n) is 12.1. The maximum Gasteiger partial charge on any atom is 0.269 e. The van der Waals surface area contributed by atoms with Crippen molar-refractivity contribution < 1.29 is 32.7 Å². The first-order valence-corrected chi connectivity index (χ1v) is 13.5. The molecule has 0 aromatic heterocycles. The Kier molecular flexibility index (Phi) is 10.6. The minimum atomic E-state index is -4.26. The molecule has 0 saturated heterocycles. The second kappa shape index (κ2) is 13.9. The van der Waals surface area contributed by atoms with Gasteiger partial charge in [-0.1, -0.05) is 42.5 Å². The number of non-ortho nitro benzene ring substituents is 1. The van der Waals surface area contributed by atoms with E-state index in [1.165, 1.54) is 32.4 Å². The number of methoxy groups -OCH3 is 2. The molecular formula is C28H32N2O8S. The van der Waals surface area contributed by atoms with Gasteiger partial charge in [-0.2, -0.15) is 4.31 Å². The molecule has 3 rings (SSSR count). The van der Waals surface area contributed by atoms with Crippen molar-refractivity contribution in [2.45, 2.75) is 36.6 Å². The van der Waals surface area contributed by atoms with Gasteiger partial charge < -0.3 is 19.3 Å². The number of nitro benzene ring substituents is 1. The Bertz CT molecular complexity index is 1350. The highest BCUT2D eigenvalue weighted by atomic mass is 32.2. The van der Waals surface area contributed by atoms with Gasteiger partial charge in [0.2, 0.25) is 10.0 Å². The quantitative estimate of drug-likeness (QED) is 0.127. The van der Waals surface area contributed by atoms with Crippen molar-refractivity contribution in [2.75, 3.05) is 20.8 Å². The lowest BCUT2D eigenvalue weighted by Gasteiger charge is -2.32. The van der Waals surface area contributed by atoms with Crippen LogP contribution in [0.4, 0.5) is 5.69 Å². The molecule has 0 aliphatic rings. The molecule has 0 aliphatic carbocycles. The first kappa shape index (κ1) is 29.8. The molecule has 1 N–H and O–H groups in total. The van der Waals surface area contributed by atoms with Crippen LogP contribution in [0.5, 0.6) is 11.5 Å². The van der Waals surface area contributed by atoms with E-state index in [-0.39, 0.29) is 30.2 Å². The van der Waals surface area contributed by atoms with Gasteiger partial charge in [0.25, 0.3) is 5.69 Å². The molecule has 2 atom stereocenters. The molecule has 0 amide bonds. The van der Waals surface area contributed by atoms with Gasteiger partial charge in [-0.25, -0.2) is 8.42 Å². The van der Waals surface area contributed by atoms with Crippen molar-refractivity contribution in [1.29, 1.82) is 0 Å². The number of sulfonamides is 1. The lowest BCUT2D eigenvalue weighted by Crippen LogP contribution is -2.45. The van der Waals surface area contributed by atoms with E-state index < -0.39 is 27.1 Å². The summed E-state index contributed by atoms with van der Waals surface area (Å²) in [6.45, 7) is 4.14. The molecule has 11 heteroatoms. The monoisotopic (exact) mass is 556 g/mol. The number of rotatable bonds is 15. The average Bonchev–Trinajstić information content (AvgIpc) is 2.95. The Morgan fingerprint density at radius 1 is 1.05 bits per heavy atom. The molecule has 0 heterocycles. The number of ether oxygens (including phenoxy) is 3. The van der Waals surface area contributed by atoms with Gasteiger partial charge in [0.15, 0.2) is 0 Å². The summed E-state index contributed by atoms with van der Waals surface area (Å²) in [4.78, 5) is 10.3. The zero-order valence-corrected chi connectivity index (χ0v) is 22.6. The van der Waals surface area contributed by atoms with E-state index in [0.717, 1.165) is 22.0 Å². The second-order valence-corrected chi connectivity index (χ2v) is 10.5. The average molecular weight is 557 g/mol. The van der Waals surface area contributed by atoms with Crippen LogP contribution in [0.1, 0.15) is 17.5 Å². The van der Waals surface area contributed by atoms with Crippen LogP contribution in [0.15, 0.2) is 90.3 Å². The molecule has 3 aromatic carbocycles. The number of nitro groups is 1. The van der Waals surface area contributed by atoms with E-state index in [1.807, 2.05) is 30.3 Å². The molecule has 0 fully saturated rings. The van der Waals surface area contributed by atoms with Gasteiger partial charge in [0, 0.05) is 36.9 Å². The van der Waals surface area contributed by atoms with Gasteiger partial charge in [-0.05, 0) is 30.2 Å². The minimum Gasteiger partial charge on any atom is -0.497 e. The Hall–Kier alpha value is -3.77. The molecule has 0 saturated carbocycles. The van der Waals surface area contributed by atoms with Gasteiger partial charge in [-0.3, -0.25) is 10.1 Å². The number of nitrogens with zero attached hydrogens (tertiary/aromatic N) is 2. The van der Waals surface area contributed by atoms with Crippen molar-refractivity contribution >= 4 is 15.7 Å². The fourth-order valence-electron chi connectivity index (χ4n) is 3.98. The Balaban J connectivity index is 1.90. The highest BCUT2D eigenvalue weighted by molar-refractivity contribution is 7.89. The lowest BCUT2D eigenvalue weighted by molar-refractivity contribution is -0.384. The number of aliphatic hydroxyl groups is 1. The van der Waals surface area contributed by atoms with Crippen LogP contribution in [0.25, 0.3) is 0 Å². The smallest absolute Gasteiger partial charge is 0.269 e. The van der Waals surface area contributed by atoms with Crippen LogP contribution in [-0.2, 0) is 27.9 Å². The van der Waals surface area contributed by atoms with Crippen molar-refractivity contribution in [3.63, 3.8) is 0 Å². The number of hydrogen-bond donors (Lipinski definition) is 1. The second-order valence-electron chi connectivity index (χ2n) is 8.60. The van der Waals surface area contributed by atoms with Crippen LogP contribution in [-0.4, -0.2) is 55.7 Å². The summed E-state index contributed by atoms with van der Waals surface area (Å²) >= 11 is 0. The summed E-state index contributed by atoms with van der Waals surface area (Å²) in [7, 11) is -1.30. The standard InChI is InChI=1S/C28H32N2O8S/c1-4-26(27(31)16-17-38-20-21-8-6-5-7-9-21)29(19-22-10-13-24(36-2)18-28(22)37-3)39(34,35)25-14-11-23(12-15-25)30(32)33/h4-15,18,26-27,31H,1,16-17,19-20H2,2-3H3/t26-,27+/m1/s1. The fraction of sp³-hybridized carbons (Fsp3) is 0.286. The molecule has 208 valence electrons. The van der Waals surface area contributed by atoms with E-state index in [1.54, 1.807) is 18.2 Å². The topological polar surface area (TPSA) is 128 Å². The Morgan fingerprint density at radius 3 is 2.33 bits per heavy atom. The van der Waals surface area contributed by atoms with Gasteiger partial charge in [0.1, 0.15) is 11.5 Å². The predicted octanol–water partition coefficient (Wildman–Crippen LogP) is 4.33. The van der Waals surface area contributed by atoms with Crippen molar-refractivity contribution in [3.8, 4) is 11.5 Å². The van der Waals surface area contributed by atoms with E-state index in [0.29, 0.717) is 23.7 Å². The fourth-order valence-corrected chi connectivity index (χ4v) is 5.59. The van der Waals surface area contributed by atoms with Gasteiger partial charge in [0.05, 0.1) is 42.8 Å². The zero-order valence-electron chi connectivity index (χ0n) is 21.8. The predicted molar refractivity (Wildman–Crippen MR) is 146 cm³/mol. The maximum atomic E-state index is 13.9. The third-order valence-corrected chi connectivity index (χ3v) is 7.97. The van der Waals surface area contributed by atoms with Crippen LogP contribution < -0.4 is 9.47 Å². The van der Waals surface area contributed by atoms with Crippen LogP contribution in [0.2, 0.25) is 0 Å². The summed E-state index contributed by atoms with van der Waals surface area (Å²) in [5.41, 5.74) is 1.25. The van der Waals surface area contributed by atoms with Crippen molar-refractivity contribution in [1.82, 2.24) is 4.31 Å². The summed E-state index contributed by atoms with van der Waals surface area (Å²) < 4.78 is 45.2. The maximum absolute atomic E-state index is 13.9. The number of aliphatic hydroxyl groups excluding tert-OH is 1. The SMILES string of the molecule is C=C[C@H]([C@@H](O)CCOCc1ccccc1)N(Cc1ccc(OC)cc1OC)S(=O)(=O)c1ccc([N+](=O)[O-])cc1.